The Kier molecular flexibility index (Phi) is 9.11. The van der Waals surface area contributed by atoms with E-state index in [1.165, 1.54) is 5.56 Å². The van der Waals surface area contributed by atoms with Crippen LogP contribution in [0.25, 0.3) is 6.08 Å². The lowest BCUT2D eigenvalue weighted by Crippen LogP contribution is -2.48. The highest BCUT2D eigenvalue weighted by atomic mass is 19.1. The fourth-order valence-corrected chi connectivity index (χ4v) is 4.05. The fourth-order valence-electron chi connectivity index (χ4n) is 4.05. The molecule has 0 saturated carbocycles. The van der Waals surface area contributed by atoms with Crippen LogP contribution in [0.2, 0.25) is 0 Å². The van der Waals surface area contributed by atoms with Gasteiger partial charge in [-0.25, -0.2) is 14.2 Å². The third-order valence-electron chi connectivity index (χ3n) is 5.96. The molecule has 0 spiro atoms. The van der Waals surface area contributed by atoms with Crippen LogP contribution in [0.1, 0.15) is 70.6 Å². The van der Waals surface area contributed by atoms with E-state index in [1.54, 1.807) is 27.7 Å². The van der Waals surface area contributed by atoms with Crippen molar-refractivity contribution in [3.63, 3.8) is 0 Å². The zero-order valence-corrected chi connectivity index (χ0v) is 22.3. The molecule has 0 fully saturated rings. The summed E-state index contributed by atoms with van der Waals surface area (Å²) in [5.74, 6) is -0.118. The minimum atomic E-state index is -0.684. The van der Waals surface area contributed by atoms with E-state index < -0.39 is 29.6 Å². The number of hydrogen-bond donors (Lipinski definition) is 3. The summed E-state index contributed by atoms with van der Waals surface area (Å²) in [6.45, 7) is 11.7. The van der Waals surface area contributed by atoms with E-state index in [0.29, 0.717) is 12.5 Å². The molecule has 0 saturated heterocycles. The number of anilines is 3. The van der Waals surface area contributed by atoms with Gasteiger partial charge in [0, 0.05) is 18.2 Å². The standard InChI is InChI=1S/C28H36FN5O3/c1-7-18-9-10-19-13-21(11-12-22(18)19)32-25-20(15-30)14-23(29)26(34-25)33-24(16-36-8-2)17(3)31-27(35)37-28(4,5)6/h9-14,17-18,24H,7-8,16H2,1-6H3,(H,31,35)(H2,32,33,34)/t17-,18?,24+/m0/s1. The number of nitrogens with one attached hydrogen (secondary N) is 3. The Balaban J connectivity index is 1.83. The molecule has 198 valence electrons. The lowest BCUT2D eigenvalue weighted by Gasteiger charge is -2.28. The first-order valence-corrected chi connectivity index (χ1v) is 12.6. The van der Waals surface area contributed by atoms with Gasteiger partial charge in [-0.2, -0.15) is 5.26 Å². The molecule has 0 bridgehead atoms. The maximum atomic E-state index is 15.0. The zero-order valence-electron chi connectivity index (χ0n) is 22.3. The lowest BCUT2D eigenvalue weighted by molar-refractivity contribution is 0.0488. The Morgan fingerprint density at radius 1 is 1.24 bits per heavy atom. The highest BCUT2D eigenvalue weighted by Gasteiger charge is 2.25. The van der Waals surface area contributed by atoms with Crippen LogP contribution in [0.3, 0.4) is 0 Å². The molecule has 2 aromatic rings. The molecule has 1 unspecified atom stereocenters. The largest absolute Gasteiger partial charge is 0.444 e. The molecule has 1 aliphatic carbocycles. The van der Waals surface area contributed by atoms with Crippen LogP contribution in [0.5, 0.6) is 0 Å². The minimum absolute atomic E-state index is 0.0591. The Morgan fingerprint density at radius 2 is 2.00 bits per heavy atom. The molecule has 37 heavy (non-hydrogen) atoms. The van der Waals surface area contributed by atoms with Crippen molar-refractivity contribution in [2.24, 2.45) is 0 Å². The van der Waals surface area contributed by atoms with E-state index in [4.69, 9.17) is 9.47 Å². The van der Waals surface area contributed by atoms with Gasteiger partial charge in [0.25, 0.3) is 0 Å². The van der Waals surface area contributed by atoms with Gasteiger partial charge in [0.15, 0.2) is 17.5 Å². The molecule has 0 radical (unpaired) electrons. The number of benzene rings is 1. The number of allylic oxidation sites excluding steroid dienone is 1. The highest BCUT2D eigenvalue weighted by molar-refractivity contribution is 5.72. The maximum absolute atomic E-state index is 15.0. The predicted octanol–water partition coefficient (Wildman–Crippen LogP) is 6.09. The minimum Gasteiger partial charge on any atom is -0.444 e. The van der Waals surface area contributed by atoms with Crippen molar-refractivity contribution in [2.75, 3.05) is 23.8 Å². The molecule has 1 heterocycles. The first kappa shape index (κ1) is 27.9. The van der Waals surface area contributed by atoms with Crippen molar-refractivity contribution < 1.29 is 18.7 Å². The van der Waals surface area contributed by atoms with Crippen LogP contribution in [0.15, 0.2) is 30.3 Å². The summed E-state index contributed by atoms with van der Waals surface area (Å²) in [6, 6.07) is 8.12. The topological polar surface area (TPSA) is 108 Å². The van der Waals surface area contributed by atoms with E-state index in [1.807, 2.05) is 25.1 Å². The number of nitrogens with zero attached hydrogens (tertiary/aromatic N) is 2. The number of carbonyl (C=O) groups is 1. The number of halogens is 1. The number of amides is 1. The second-order valence-corrected chi connectivity index (χ2v) is 10.0. The number of alkyl carbamates (subject to hydrolysis) is 1. The van der Waals surface area contributed by atoms with E-state index in [9.17, 15) is 14.4 Å². The average molecular weight is 510 g/mol. The van der Waals surface area contributed by atoms with Crippen molar-refractivity contribution in [2.45, 2.75) is 71.6 Å². The van der Waals surface area contributed by atoms with Gasteiger partial charge < -0.3 is 25.4 Å². The molecule has 3 rings (SSSR count). The van der Waals surface area contributed by atoms with Crippen molar-refractivity contribution >= 4 is 29.5 Å². The summed E-state index contributed by atoms with van der Waals surface area (Å²) in [7, 11) is 0. The molecule has 1 aromatic heterocycles. The smallest absolute Gasteiger partial charge is 0.407 e. The first-order valence-electron chi connectivity index (χ1n) is 12.6. The van der Waals surface area contributed by atoms with E-state index >= 15 is 0 Å². The molecular weight excluding hydrogens is 473 g/mol. The van der Waals surface area contributed by atoms with Crippen LogP contribution < -0.4 is 16.0 Å². The van der Waals surface area contributed by atoms with Crippen molar-refractivity contribution in [1.82, 2.24) is 10.3 Å². The number of fused-ring (bicyclic) bond motifs is 1. The average Bonchev–Trinajstić information content (AvgIpc) is 3.24. The summed E-state index contributed by atoms with van der Waals surface area (Å²) in [4.78, 5) is 16.7. The Bertz CT molecular complexity index is 1190. The normalized spacial score (nSPS) is 15.9. The molecule has 1 aliphatic rings. The van der Waals surface area contributed by atoms with Crippen LogP contribution in [-0.4, -0.2) is 42.0 Å². The number of pyridine rings is 1. The third-order valence-corrected chi connectivity index (χ3v) is 5.96. The SMILES string of the molecule is CCOC[C@@H](Nc1nc(Nc2ccc3c(c2)C=CC3CC)c(C#N)cc1F)[C@H](C)NC(=O)OC(C)(C)C. The second kappa shape index (κ2) is 12.1. The van der Waals surface area contributed by atoms with Crippen LogP contribution in [0, 0.1) is 17.1 Å². The second-order valence-electron chi connectivity index (χ2n) is 10.0. The number of nitriles is 1. The Labute approximate surface area is 218 Å². The number of ether oxygens (including phenoxy) is 2. The maximum Gasteiger partial charge on any atom is 0.407 e. The van der Waals surface area contributed by atoms with Gasteiger partial charge in [0.05, 0.1) is 24.3 Å². The Morgan fingerprint density at radius 3 is 2.65 bits per heavy atom. The summed E-state index contributed by atoms with van der Waals surface area (Å²) in [5, 5.41) is 18.6. The van der Waals surface area contributed by atoms with E-state index in [2.05, 4.69) is 46.1 Å². The van der Waals surface area contributed by atoms with Crippen molar-refractivity contribution in [3.05, 3.63) is 52.8 Å². The van der Waals surface area contributed by atoms with Gasteiger partial charge in [-0.15, -0.1) is 0 Å². The van der Waals surface area contributed by atoms with E-state index in [-0.39, 0.29) is 23.8 Å². The van der Waals surface area contributed by atoms with Gasteiger partial charge in [-0.05, 0) is 70.4 Å². The number of aromatic nitrogens is 1. The van der Waals surface area contributed by atoms with Crippen molar-refractivity contribution in [3.8, 4) is 6.07 Å². The predicted molar refractivity (Wildman–Crippen MR) is 143 cm³/mol. The first-order chi connectivity index (χ1) is 17.5. The molecule has 9 heteroatoms. The summed E-state index contributed by atoms with van der Waals surface area (Å²) < 4.78 is 25.9. The molecule has 8 nitrogen and oxygen atoms in total. The third kappa shape index (κ3) is 7.43. The molecule has 3 N–H and O–H groups in total. The Hall–Kier alpha value is -3.64. The highest BCUT2D eigenvalue weighted by Crippen LogP contribution is 2.35. The molecule has 1 amide bonds. The number of rotatable bonds is 10. The fraction of sp³-hybridized carbons (Fsp3) is 0.464. The van der Waals surface area contributed by atoms with Gasteiger partial charge in [-0.3, -0.25) is 0 Å². The summed E-state index contributed by atoms with van der Waals surface area (Å²) in [6.07, 6.45) is 4.70. The van der Waals surface area contributed by atoms with E-state index in [0.717, 1.165) is 23.7 Å². The summed E-state index contributed by atoms with van der Waals surface area (Å²) in [5.41, 5.74) is 2.53. The van der Waals surface area contributed by atoms with Crippen LogP contribution in [0.4, 0.5) is 26.5 Å². The molecule has 3 atom stereocenters. The van der Waals surface area contributed by atoms with Gasteiger partial charge in [-0.1, -0.05) is 25.1 Å². The number of carbonyl (C=O) groups excluding carboxylic acids is 1. The quantitative estimate of drug-likeness (QED) is 0.356. The van der Waals surface area contributed by atoms with Gasteiger partial charge >= 0.3 is 6.09 Å². The monoisotopic (exact) mass is 509 g/mol. The number of hydrogen-bond acceptors (Lipinski definition) is 7. The van der Waals surface area contributed by atoms with Gasteiger partial charge in [0.2, 0.25) is 0 Å². The molecule has 1 aromatic carbocycles. The summed E-state index contributed by atoms with van der Waals surface area (Å²) >= 11 is 0. The van der Waals surface area contributed by atoms with Crippen molar-refractivity contribution in [1.29, 1.82) is 5.26 Å². The van der Waals surface area contributed by atoms with Gasteiger partial charge in [0.1, 0.15) is 11.7 Å². The van der Waals surface area contributed by atoms with Crippen LogP contribution in [-0.2, 0) is 9.47 Å². The zero-order chi connectivity index (χ0) is 27.2. The molecule has 0 aliphatic heterocycles. The molecular formula is C28H36FN5O3. The van der Waals surface area contributed by atoms with Crippen LogP contribution >= 0.6 is 0 Å². The lowest BCUT2D eigenvalue weighted by atomic mass is 9.98.